The first-order valence-corrected chi connectivity index (χ1v) is 6.35. The molecule has 3 rings (SSSR count). The second-order valence-electron chi connectivity index (χ2n) is 4.16. The number of anilines is 1. The van der Waals surface area contributed by atoms with Gasteiger partial charge in [0.2, 0.25) is 5.28 Å². The van der Waals surface area contributed by atoms with Gasteiger partial charge in [-0.2, -0.15) is 4.98 Å². The van der Waals surface area contributed by atoms with Gasteiger partial charge in [0.1, 0.15) is 11.3 Å². The van der Waals surface area contributed by atoms with Crippen molar-refractivity contribution in [1.29, 1.82) is 0 Å². The second-order valence-corrected chi connectivity index (χ2v) is 4.50. The van der Waals surface area contributed by atoms with Gasteiger partial charge in [-0.1, -0.05) is 0 Å². The van der Waals surface area contributed by atoms with Gasteiger partial charge in [-0.15, -0.1) is 0 Å². The standard InChI is InChI=1S/C12H13ClN4O2/c1-18-8-6-9-10(14-7-8)11(16-12(13)15-9)17-2-4-19-5-3-17/h6-7H,2-5H2,1H3. The van der Waals surface area contributed by atoms with Crippen LogP contribution in [0.2, 0.25) is 5.28 Å². The number of pyridine rings is 1. The van der Waals surface area contributed by atoms with Crippen LogP contribution in [0.15, 0.2) is 12.3 Å². The van der Waals surface area contributed by atoms with Crippen LogP contribution in [-0.2, 0) is 4.74 Å². The quantitative estimate of drug-likeness (QED) is 0.778. The first kappa shape index (κ1) is 12.4. The summed E-state index contributed by atoms with van der Waals surface area (Å²) in [5.74, 6) is 1.40. The Morgan fingerprint density at radius 1 is 1.32 bits per heavy atom. The van der Waals surface area contributed by atoms with Crippen LogP contribution in [0.5, 0.6) is 5.75 Å². The van der Waals surface area contributed by atoms with E-state index in [1.165, 1.54) is 0 Å². The molecule has 0 aromatic carbocycles. The van der Waals surface area contributed by atoms with Crippen LogP contribution in [0.4, 0.5) is 5.82 Å². The number of aromatic nitrogens is 3. The fraction of sp³-hybridized carbons (Fsp3) is 0.417. The van der Waals surface area contributed by atoms with E-state index < -0.39 is 0 Å². The third-order valence-corrected chi connectivity index (χ3v) is 3.18. The number of hydrogen-bond donors (Lipinski definition) is 0. The Kier molecular flexibility index (Phi) is 3.35. The fourth-order valence-electron chi connectivity index (χ4n) is 2.06. The number of fused-ring (bicyclic) bond motifs is 1. The van der Waals surface area contributed by atoms with Crippen LogP contribution in [-0.4, -0.2) is 48.4 Å². The lowest BCUT2D eigenvalue weighted by molar-refractivity contribution is 0.122. The molecular weight excluding hydrogens is 268 g/mol. The highest BCUT2D eigenvalue weighted by atomic mass is 35.5. The first-order chi connectivity index (χ1) is 9.28. The molecule has 0 bridgehead atoms. The van der Waals surface area contributed by atoms with Crippen LogP contribution in [0, 0.1) is 0 Å². The Bertz CT molecular complexity index is 602. The summed E-state index contributed by atoms with van der Waals surface area (Å²) in [6.07, 6.45) is 1.66. The van der Waals surface area contributed by atoms with E-state index in [4.69, 9.17) is 21.1 Å². The topological polar surface area (TPSA) is 60.4 Å². The van der Waals surface area contributed by atoms with Gasteiger partial charge in [0.05, 0.1) is 32.0 Å². The monoisotopic (exact) mass is 280 g/mol. The number of rotatable bonds is 2. The molecule has 0 amide bonds. The molecule has 2 aromatic rings. The Balaban J connectivity index is 2.11. The number of hydrogen-bond acceptors (Lipinski definition) is 6. The highest BCUT2D eigenvalue weighted by Crippen LogP contribution is 2.26. The van der Waals surface area contributed by atoms with Crippen molar-refractivity contribution in [1.82, 2.24) is 15.0 Å². The van der Waals surface area contributed by atoms with Crippen LogP contribution >= 0.6 is 11.6 Å². The van der Waals surface area contributed by atoms with Crippen molar-refractivity contribution in [3.63, 3.8) is 0 Å². The largest absolute Gasteiger partial charge is 0.495 e. The van der Waals surface area contributed by atoms with E-state index in [1.807, 2.05) is 0 Å². The van der Waals surface area contributed by atoms with E-state index in [9.17, 15) is 0 Å². The fourth-order valence-corrected chi connectivity index (χ4v) is 2.24. The molecule has 1 aliphatic rings. The van der Waals surface area contributed by atoms with Crippen molar-refractivity contribution in [2.75, 3.05) is 38.3 Å². The first-order valence-electron chi connectivity index (χ1n) is 5.98. The summed E-state index contributed by atoms with van der Waals surface area (Å²) in [5.41, 5.74) is 1.41. The molecule has 1 aliphatic heterocycles. The minimum Gasteiger partial charge on any atom is -0.495 e. The summed E-state index contributed by atoms with van der Waals surface area (Å²) < 4.78 is 10.5. The van der Waals surface area contributed by atoms with E-state index in [0.717, 1.165) is 24.4 Å². The summed E-state index contributed by atoms with van der Waals surface area (Å²) in [4.78, 5) is 15.0. The molecule has 0 atom stereocenters. The van der Waals surface area contributed by atoms with Gasteiger partial charge in [-0.25, -0.2) is 9.97 Å². The van der Waals surface area contributed by atoms with Crippen molar-refractivity contribution in [2.45, 2.75) is 0 Å². The van der Waals surface area contributed by atoms with Gasteiger partial charge >= 0.3 is 0 Å². The van der Waals surface area contributed by atoms with Crippen molar-refractivity contribution in [2.24, 2.45) is 0 Å². The molecule has 2 aromatic heterocycles. The Labute approximate surface area is 115 Å². The molecule has 6 nitrogen and oxygen atoms in total. The van der Waals surface area contributed by atoms with Crippen LogP contribution < -0.4 is 9.64 Å². The molecule has 1 fully saturated rings. The van der Waals surface area contributed by atoms with Crippen molar-refractivity contribution in [3.8, 4) is 5.75 Å². The predicted molar refractivity (Wildman–Crippen MR) is 71.9 cm³/mol. The second kappa shape index (κ2) is 5.14. The Morgan fingerprint density at radius 2 is 2.11 bits per heavy atom. The molecule has 0 spiro atoms. The minimum atomic E-state index is 0.212. The maximum absolute atomic E-state index is 5.99. The Hall–Kier alpha value is -1.66. The lowest BCUT2D eigenvalue weighted by Gasteiger charge is -2.28. The average Bonchev–Trinajstić information content (AvgIpc) is 2.46. The molecule has 1 saturated heterocycles. The molecule has 100 valence electrons. The van der Waals surface area contributed by atoms with E-state index >= 15 is 0 Å². The lowest BCUT2D eigenvalue weighted by atomic mass is 10.3. The van der Waals surface area contributed by atoms with E-state index in [0.29, 0.717) is 24.5 Å². The third-order valence-electron chi connectivity index (χ3n) is 3.01. The van der Waals surface area contributed by atoms with E-state index in [1.54, 1.807) is 19.4 Å². The zero-order valence-electron chi connectivity index (χ0n) is 10.5. The van der Waals surface area contributed by atoms with Crippen LogP contribution in [0.25, 0.3) is 11.0 Å². The van der Waals surface area contributed by atoms with E-state index in [2.05, 4.69) is 19.9 Å². The van der Waals surface area contributed by atoms with Crippen molar-refractivity contribution >= 4 is 28.5 Å². The van der Waals surface area contributed by atoms with Gasteiger partial charge in [0.15, 0.2) is 5.82 Å². The number of methoxy groups -OCH3 is 1. The highest BCUT2D eigenvalue weighted by Gasteiger charge is 2.18. The summed E-state index contributed by atoms with van der Waals surface area (Å²) >= 11 is 5.99. The molecule has 3 heterocycles. The van der Waals surface area contributed by atoms with Gasteiger partial charge in [-0.3, -0.25) is 0 Å². The number of nitrogens with zero attached hydrogens (tertiary/aromatic N) is 4. The van der Waals surface area contributed by atoms with Crippen molar-refractivity contribution in [3.05, 3.63) is 17.5 Å². The molecule has 7 heteroatoms. The molecule has 0 aliphatic carbocycles. The van der Waals surface area contributed by atoms with E-state index in [-0.39, 0.29) is 5.28 Å². The zero-order chi connectivity index (χ0) is 13.2. The maximum atomic E-state index is 5.99. The van der Waals surface area contributed by atoms with Gasteiger partial charge in [-0.05, 0) is 11.6 Å². The number of ether oxygens (including phenoxy) is 2. The van der Waals surface area contributed by atoms with Crippen LogP contribution in [0.3, 0.4) is 0 Å². The lowest BCUT2D eigenvalue weighted by Crippen LogP contribution is -2.37. The smallest absolute Gasteiger partial charge is 0.225 e. The zero-order valence-corrected chi connectivity index (χ0v) is 11.2. The summed E-state index contributed by atoms with van der Waals surface area (Å²) in [6.45, 7) is 2.91. The number of morpholine rings is 1. The summed E-state index contributed by atoms with van der Waals surface area (Å²) in [5, 5.41) is 0.212. The van der Waals surface area contributed by atoms with Gasteiger partial charge in [0, 0.05) is 19.2 Å². The van der Waals surface area contributed by atoms with Crippen LogP contribution in [0.1, 0.15) is 0 Å². The SMILES string of the molecule is COc1cnc2c(N3CCOCC3)nc(Cl)nc2c1. The third kappa shape index (κ3) is 2.41. The van der Waals surface area contributed by atoms with Gasteiger partial charge in [0.25, 0.3) is 0 Å². The average molecular weight is 281 g/mol. The maximum Gasteiger partial charge on any atom is 0.225 e. The normalized spacial score (nSPS) is 15.8. The number of halogens is 1. The predicted octanol–water partition coefficient (Wildman–Crippen LogP) is 1.52. The molecule has 0 N–H and O–H groups in total. The highest BCUT2D eigenvalue weighted by molar-refractivity contribution is 6.28. The Morgan fingerprint density at radius 3 is 2.84 bits per heavy atom. The molecule has 0 radical (unpaired) electrons. The minimum absolute atomic E-state index is 0.212. The van der Waals surface area contributed by atoms with Crippen molar-refractivity contribution < 1.29 is 9.47 Å². The van der Waals surface area contributed by atoms with Gasteiger partial charge < -0.3 is 14.4 Å². The molecule has 19 heavy (non-hydrogen) atoms. The summed E-state index contributed by atoms with van der Waals surface area (Å²) in [7, 11) is 1.59. The molecule has 0 saturated carbocycles. The summed E-state index contributed by atoms with van der Waals surface area (Å²) in [6, 6.07) is 1.81. The molecular formula is C12H13ClN4O2. The molecule has 0 unspecified atom stereocenters.